The lowest BCUT2D eigenvalue weighted by atomic mass is 10.0. The van der Waals surface area contributed by atoms with Crippen LogP contribution in [0.15, 0.2) is 42.5 Å². The van der Waals surface area contributed by atoms with Crippen LogP contribution in [0.3, 0.4) is 0 Å². The van der Waals surface area contributed by atoms with Gasteiger partial charge in [0.15, 0.2) is 6.10 Å². The van der Waals surface area contributed by atoms with Gasteiger partial charge in [-0.05, 0) is 41.8 Å². The number of amides is 1. The van der Waals surface area contributed by atoms with E-state index in [2.05, 4.69) is 19.2 Å². The molecule has 0 saturated heterocycles. The zero-order valence-electron chi connectivity index (χ0n) is 15.3. The molecule has 1 atom stereocenters. The minimum absolute atomic E-state index is 0.123. The summed E-state index contributed by atoms with van der Waals surface area (Å²) >= 11 is 5.98. The van der Waals surface area contributed by atoms with Gasteiger partial charge in [-0.2, -0.15) is 0 Å². The van der Waals surface area contributed by atoms with E-state index in [1.54, 1.807) is 12.1 Å². The van der Waals surface area contributed by atoms with Crippen LogP contribution in [0.2, 0.25) is 5.02 Å². The van der Waals surface area contributed by atoms with Crippen LogP contribution >= 0.6 is 11.6 Å². The third-order valence-corrected chi connectivity index (χ3v) is 5.71. The fourth-order valence-corrected chi connectivity index (χ4v) is 3.92. The van der Waals surface area contributed by atoms with E-state index in [1.807, 2.05) is 24.3 Å². The maximum atomic E-state index is 12.7. The number of hydrogen-bond donors (Lipinski definition) is 1. The third kappa shape index (κ3) is 4.36. The van der Waals surface area contributed by atoms with Gasteiger partial charge in [-0.3, -0.25) is 9.10 Å². The number of nitrogens with zero attached hydrogens (tertiary/aromatic N) is 1. The standard InChI is InChI=1S/C19H21ClN2O4S/c1-12(2)13-4-7-15(8-5-13)21-19(23)18-11-22(27(3,24)25)16-10-14(20)6-9-17(16)26-18/h4-10,12,18H,11H2,1-3H3,(H,21,23)/t18-/m1/s1. The van der Waals surface area contributed by atoms with Gasteiger partial charge >= 0.3 is 0 Å². The highest BCUT2D eigenvalue weighted by atomic mass is 35.5. The molecule has 1 heterocycles. The van der Waals surface area contributed by atoms with Crippen LogP contribution < -0.4 is 14.4 Å². The highest BCUT2D eigenvalue weighted by molar-refractivity contribution is 7.92. The van der Waals surface area contributed by atoms with Crippen molar-refractivity contribution in [3.8, 4) is 5.75 Å². The summed E-state index contributed by atoms with van der Waals surface area (Å²) in [4.78, 5) is 12.7. The molecular formula is C19H21ClN2O4S. The van der Waals surface area contributed by atoms with Crippen LogP contribution in [0.1, 0.15) is 25.3 Å². The Morgan fingerprint density at radius 2 is 1.89 bits per heavy atom. The van der Waals surface area contributed by atoms with Gasteiger partial charge in [-0.15, -0.1) is 0 Å². The number of carbonyl (C=O) groups excluding carboxylic acids is 1. The van der Waals surface area contributed by atoms with Crippen LogP contribution in [0.5, 0.6) is 5.75 Å². The van der Waals surface area contributed by atoms with E-state index >= 15 is 0 Å². The van der Waals surface area contributed by atoms with E-state index in [9.17, 15) is 13.2 Å². The van der Waals surface area contributed by atoms with Crippen LogP contribution in [-0.4, -0.2) is 33.2 Å². The van der Waals surface area contributed by atoms with Crippen molar-refractivity contribution in [1.29, 1.82) is 0 Å². The molecule has 1 aliphatic rings. The second-order valence-corrected chi connectivity index (χ2v) is 9.12. The monoisotopic (exact) mass is 408 g/mol. The first-order valence-electron chi connectivity index (χ1n) is 8.50. The van der Waals surface area contributed by atoms with Gasteiger partial charge in [0.25, 0.3) is 5.91 Å². The topological polar surface area (TPSA) is 75.7 Å². The lowest BCUT2D eigenvalue weighted by molar-refractivity contribution is -0.122. The van der Waals surface area contributed by atoms with Crippen LogP contribution in [-0.2, 0) is 14.8 Å². The van der Waals surface area contributed by atoms with Crippen molar-refractivity contribution in [3.63, 3.8) is 0 Å². The van der Waals surface area contributed by atoms with Gasteiger partial charge in [0.1, 0.15) is 5.75 Å². The number of rotatable bonds is 4. The first-order chi connectivity index (χ1) is 12.6. The Labute approximate surface area is 164 Å². The van der Waals surface area contributed by atoms with Gasteiger partial charge in [0.2, 0.25) is 10.0 Å². The average molecular weight is 409 g/mol. The number of fused-ring (bicyclic) bond motifs is 1. The molecule has 27 heavy (non-hydrogen) atoms. The molecule has 8 heteroatoms. The second-order valence-electron chi connectivity index (χ2n) is 6.78. The highest BCUT2D eigenvalue weighted by Gasteiger charge is 2.35. The lowest BCUT2D eigenvalue weighted by Crippen LogP contribution is -2.48. The molecule has 0 fully saturated rings. The maximum Gasteiger partial charge on any atom is 0.267 e. The summed E-state index contributed by atoms with van der Waals surface area (Å²) in [5, 5.41) is 3.17. The second kappa shape index (κ2) is 7.40. The van der Waals surface area contributed by atoms with Gasteiger partial charge in [0, 0.05) is 10.7 Å². The molecule has 0 aromatic heterocycles. The van der Waals surface area contributed by atoms with Crippen LogP contribution in [0.25, 0.3) is 0 Å². The average Bonchev–Trinajstić information content (AvgIpc) is 2.60. The molecule has 0 aliphatic carbocycles. The normalized spacial score (nSPS) is 16.6. The molecule has 1 amide bonds. The summed E-state index contributed by atoms with van der Waals surface area (Å²) in [6.45, 7) is 4.06. The van der Waals surface area contributed by atoms with E-state index in [1.165, 1.54) is 6.07 Å². The van der Waals surface area contributed by atoms with Crippen molar-refractivity contribution in [3.05, 3.63) is 53.1 Å². The fourth-order valence-electron chi connectivity index (χ4n) is 2.85. The molecule has 1 N–H and O–H groups in total. The minimum Gasteiger partial charge on any atom is -0.476 e. The van der Waals surface area contributed by atoms with Crippen molar-refractivity contribution in [2.24, 2.45) is 0 Å². The molecule has 2 aromatic rings. The zero-order chi connectivity index (χ0) is 19.8. The smallest absolute Gasteiger partial charge is 0.267 e. The van der Waals surface area contributed by atoms with Crippen LogP contribution in [0.4, 0.5) is 11.4 Å². The largest absolute Gasteiger partial charge is 0.476 e. The van der Waals surface area contributed by atoms with Crippen molar-refractivity contribution in [2.75, 3.05) is 22.4 Å². The molecule has 0 saturated carbocycles. The predicted octanol–water partition coefficient (Wildman–Crippen LogP) is 3.63. The Morgan fingerprint density at radius 1 is 1.22 bits per heavy atom. The number of carbonyl (C=O) groups is 1. The molecule has 144 valence electrons. The first kappa shape index (κ1) is 19.5. The zero-order valence-corrected chi connectivity index (χ0v) is 16.8. The molecule has 6 nitrogen and oxygen atoms in total. The molecule has 0 unspecified atom stereocenters. The summed E-state index contributed by atoms with van der Waals surface area (Å²) in [6, 6.07) is 12.2. The molecular weight excluding hydrogens is 388 g/mol. The third-order valence-electron chi connectivity index (χ3n) is 4.33. The number of halogens is 1. The molecule has 0 bridgehead atoms. The van der Waals surface area contributed by atoms with Gasteiger partial charge in [0.05, 0.1) is 18.5 Å². The Morgan fingerprint density at radius 3 is 2.48 bits per heavy atom. The number of sulfonamides is 1. The maximum absolute atomic E-state index is 12.7. The Bertz CT molecular complexity index is 958. The lowest BCUT2D eigenvalue weighted by Gasteiger charge is -2.34. The van der Waals surface area contributed by atoms with Crippen molar-refractivity contribution in [2.45, 2.75) is 25.9 Å². The minimum atomic E-state index is -3.60. The summed E-state index contributed by atoms with van der Waals surface area (Å²) in [5.41, 5.74) is 2.12. The van der Waals surface area contributed by atoms with E-state index in [-0.39, 0.29) is 6.54 Å². The van der Waals surface area contributed by atoms with E-state index in [4.69, 9.17) is 16.3 Å². The summed E-state index contributed by atoms with van der Waals surface area (Å²) in [5.74, 6) is 0.274. The number of anilines is 2. The quantitative estimate of drug-likeness (QED) is 0.838. The van der Waals surface area contributed by atoms with E-state index < -0.39 is 22.0 Å². The SMILES string of the molecule is CC(C)c1ccc(NC(=O)[C@H]2CN(S(C)(=O)=O)c3cc(Cl)ccc3O2)cc1. The van der Waals surface area contributed by atoms with Crippen molar-refractivity contribution < 1.29 is 17.9 Å². The van der Waals surface area contributed by atoms with Gasteiger partial charge in [-0.1, -0.05) is 37.6 Å². The molecule has 0 radical (unpaired) electrons. The summed E-state index contributed by atoms with van der Waals surface area (Å²) < 4.78 is 31.2. The predicted molar refractivity (Wildman–Crippen MR) is 107 cm³/mol. The number of nitrogens with one attached hydrogen (secondary N) is 1. The summed E-state index contributed by atoms with van der Waals surface area (Å²) in [7, 11) is -3.60. The molecule has 2 aromatic carbocycles. The van der Waals surface area contributed by atoms with Gasteiger partial charge < -0.3 is 10.1 Å². The first-order valence-corrected chi connectivity index (χ1v) is 10.7. The Kier molecular flexibility index (Phi) is 5.35. The highest BCUT2D eigenvalue weighted by Crippen LogP contribution is 2.37. The van der Waals surface area contributed by atoms with E-state index in [0.717, 1.165) is 16.1 Å². The molecule has 3 rings (SSSR count). The number of ether oxygens (including phenoxy) is 1. The summed E-state index contributed by atoms with van der Waals surface area (Å²) in [6.07, 6.45) is 0.112. The van der Waals surface area contributed by atoms with Crippen molar-refractivity contribution in [1.82, 2.24) is 0 Å². The Balaban J connectivity index is 1.82. The fraction of sp³-hybridized carbons (Fsp3) is 0.316. The number of hydrogen-bond acceptors (Lipinski definition) is 4. The van der Waals surface area contributed by atoms with Crippen LogP contribution in [0, 0.1) is 0 Å². The van der Waals surface area contributed by atoms with Crippen molar-refractivity contribution >= 4 is 38.9 Å². The number of benzene rings is 2. The molecule has 1 aliphatic heterocycles. The Hall–Kier alpha value is -2.25. The van der Waals surface area contributed by atoms with E-state index in [0.29, 0.717) is 28.1 Å². The van der Waals surface area contributed by atoms with Gasteiger partial charge in [-0.25, -0.2) is 8.42 Å². The molecule has 0 spiro atoms.